The zero-order chi connectivity index (χ0) is 14.0. The van der Waals surface area contributed by atoms with E-state index in [0.29, 0.717) is 5.02 Å². The zero-order valence-electron chi connectivity index (χ0n) is 9.73. The van der Waals surface area contributed by atoms with Crippen LogP contribution in [-0.4, -0.2) is 19.3 Å². The van der Waals surface area contributed by atoms with Crippen molar-refractivity contribution in [2.75, 3.05) is 12.4 Å². The van der Waals surface area contributed by atoms with Crippen LogP contribution in [0.1, 0.15) is 0 Å². The van der Waals surface area contributed by atoms with Gasteiger partial charge in [-0.2, -0.15) is 0 Å². The Bertz CT molecular complexity index is 722. The van der Waals surface area contributed by atoms with Gasteiger partial charge in [0.15, 0.2) is 0 Å². The molecular formula is C12H8ClNO5. The summed E-state index contributed by atoms with van der Waals surface area (Å²) in [4.78, 5) is 33.5. The van der Waals surface area contributed by atoms with E-state index < -0.39 is 11.3 Å². The van der Waals surface area contributed by atoms with Crippen LogP contribution in [0.3, 0.4) is 0 Å². The normalized spacial score (nSPS) is 10.2. The van der Waals surface area contributed by atoms with Gasteiger partial charge in [-0.15, -0.1) is 0 Å². The molecule has 0 atom stereocenters. The van der Waals surface area contributed by atoms with Gasteiger partial charge in [0.2, 0.25) is 23.3 Å². The van der Waals surface area contributed by atoms with Crippen LogP contribution in [0.2, 0.25) is 5.02 Å². The molecule has 1 heterocycles. The monoisotopic (exact) mass is 281 g/mol. The molecular weight excluding hydrogens is 274 g/mol. The molecule has 19 heavy (non-hydrogen) atoms. The van der Waals surface area contributed by atoms with Gasteiger partial charge in [-0.25, -0.2) is 0 Å². The molecule has 2 aromatic rings. The maximum atomic E-state index is 12.1. The molecule has 6 nitrogen and oxygen atoms in total. The number of anilines is 1. The van der Waals surface area contributed by atoms with Crippen molar-refractivity contribution in [2.24, 2.45) is 0 Å². The average Bonchev–Trinajstić information content (AvgIpc) is 2.40. The average molecular weight is 282 g/mol. The Hall–Kier alpha value is -2.34. The minimum Gasteiger partial charge on any atom is -0.488 e. The molecule has 0 spiro atoms. The van der Waals surface area contributed by atoms with Gasteiger partial charge in [-0.3, -0.25) is 19.7 Å². The number of ether oxygens (including phenoxy) is 1. The van der Waals surface area contributed by atoms with Crippen LogP contribution in [0.15, 0.2) is 27.4 Å². The van der Waals surface area contributed by atoms with Crippen LogP contribution >= 0.6 is 11.6 Å². The minimum absolute atomic E-state index is 0.0610. The molecule has 98 valence electrons. The van der Waals surface area contributed by atoms with Crippen molar-refractivity contribution >= 4 is 40.6 Å². The summed E-state index contributed by atoms with van der Waals surface area (Å²) >= 11 is 5.80. The van der Waals surface area contributed by atoms with Crippen LogP contribution < -0.4 is 15.5 Å². The Kier molecular flexibility index (Phi) is 3.52. The van der Waals surface area contributed by atoms with Crippen LogP contribution in [0.25, 0.3) is 11.0 Å². The number of carbonyl (C=O) groups excluding carboxylic acids is 2. The summed E-state index contributed by atoms with van der Waals surface area (Å²) in [5.41, 5.74) is -0.274. The van der Waals surface area contributed by atoms with Crippen LogP contribution in [-0.2, 0) is 9.59 Å². The molecule has 0 aliphatic heterocycles. The van der Waals surface area contributed by atoms with Crippen molar-refractivity contribution in [1.29, 1.82) is 0 Å². The molecule has 0 saturated heterocycles. The third-order valence-electron chi connectivity index (χ3n) is 2.36. The van der Waals surface area contributed by atoms with E-state index in [4.69, 9.17) is 20.8 Å². The van der Waals surface area contributed by atoms with Gasteiger partial charge in [-0.05, 0) is 18.2 Å². The molecule has 0 aliphatic carbocycles. The van der Waals surface area contributed by atoms with Gasteiger partial charge in [0, 0.05) is 5.02 Å². The van der Waals surface area contributed by atoms with E-state index in [0.717, 1.165) is 0 Å². The lowest BCUT2D eigenvalue weighted by Gasteiger charge is -2.08. The fourth-order valence-corrected chi connectivity index (χ4v) is 1.73. The van der Waals surface area contributed by atoms with E-state index in [1.165, 1.54) is 25.3 Å². The second-order valence-electron chi connectivity index (χ2n) is 3.54. The van der Waals surface area contributed by atoms with Crippen LogP contribution in [0.4, 0.5) is 5.88 Å². The Balaban J connectivity index is 2.71. The first-order valence-electron chi connectivity index (χ1n) is 5.13. The van der Waals surface area contributed by atoms with Gasteiger partial charge in [0.05, 0.1) is 12.5 Å². The SMILES string of the molecule is COc1c(NC(=O)C=O)oc2ccc(Cl)cc2c1=O. The summed E-state index contributed by atoms with van der Waals surface area (Å²) in [5.74, 6) is -1.38. The third-order valence-corrected chi connectivity index (χ3v) is 2.59. The number of fused-ring (bicyclic) bond motifs is 1. The van der Waals surface area contributed by atoms with Crippen molar-refractivity contribution in [3.05, 3.63) is 33.4 Å². The zero-order valence-corrected chi connectivity index (χ0v) is 10.5. The number of halogens is 1. The molecule has 0 aliphatic rings. The smallest absolute Gasteiger partial charge is 0.290 e. The number of hydrogen-bond acceptors (Lipinski definition) is 5. The quantitative estimate of drug-likeness (QED) is 0.682. The highest BCUT2D eigenvalue weighted by Gasteiger charge is 2.17. The first-order valence-corrected chi connectivity index (χ1v) is 5.51. The van der Waals surface area contributed by atoms with Gasteiger partial charge in [-0.1, -0.05) is 11.6 Å². The molecule has 0 unspecified atom stereocenters. The van der Waals surface area contributed by atoms with Gasteiger partial charge < -0.3 is 9.15 Å². The summed E-state index contributed by atoms with van der Waals surface area (Å²) in [5, 5.41) is 2.71. The maximum absolute atomic E-state index is 12.1. The summed E-state index contributed by atoms with van der Waals surface area (Å²) in [7, 11) is 1.25. The molecule has 1 aromatic heterocycles. The molecule has 7 heteroatoms. The minimum atomic E-state index is -0.949. The number of benzene rings is 1. The standard InChI is InChI=1S/C12H8ClNO5/c1-18-11-10(17)7-4-6(13)2-3-8(7)19-12(11)14-9(16)5-15/h2-5H,1H3,(H,14,16). The van der Waals surface area contributed by atoms with Gasteiger partial charge in [0.1, 0.15) is 5.58 Å². The van der Waals surface area contributed by atoms with E-state index in [9.17, 15) is 14.4 Å². The lowest BCUT2D eigenvalue weighted by molar-refractivity contribution is -0.127. The number of amides is 1. The van der Waals surface area contributed by atoms with E-state index in [2.05, 4.69) is 5.32 Å². The summed E-state index contributed by atoms with van der Waals surface area (Å²) in [6.45, 7) is 0. The lowest BCUT2D eigenvalue weighted by Crippen LogP contribution is -2.16. The van der Waals surface area contributed by atoms with E-state index >= 15 is 0 Å². The number of hydrogen-bond donors (Lipinski definition) is 1. The predicted molar refractivity (Wildman–Crippen MR) is 68.7 cm³/mol. The van der Waals surface area contributed by atoms with Crippen molar-refractivity contribution in [3.8, 4) is 5.75 Å². The van der Waals surface area contributed by atoms with E-state index in [-0.39, 0.29) is 28.9 Å². The summed E-state index contributed by atoms with van der Waals surface area (Å²) < 4.78 is 10.2. The van der Waals surface area contributed by atoms with E-state index in [1.807, 2.05) is 0 Å². The highest BCUT2D eigenvalue weighted by Crippen LogP contribution is 2.26. The largest absolute Gasteiger partial charge is 0.488 e. The van der Waals surface area contributed by atoms with Crippen molar-refractivity contribution in [2.45, 2.75) is 0 Å². The number of methoxy groups -OCH3 is 1. The van der Waals surface area contributed by atoms with Gasteiger partial charge in [0.25, 0.3) is 5.91 Å². The van der Waals surface area contributed by atoms with Gasteiger partial charge >= 0.3 is 0 Å². The molecule has 0 saturated carbocycles. The van der Waals surface area contributed by atoms with Crippen LogP contribution in [0, 0.1) is 0 Å². The Morgan fingerprint density at radius 3 is 2.84 bits per heavy atom. The fraction of sp³-hybridized carbons (Fsp3) is 0.0833. The Morgan fingerprint density at radius 1 is 1.47 bits per heavy atom. The number of carbonyl (C=O) groups is 2. The number of rotatable bonds is 3. The topological polar surface area (TPSA) is 85.6 Å². The second-order valence-corrected chi connectivity index (χ2v) is 3.98. The third kappa shape index (κ3) is 2.43. The van der Waals surface area contributed by atoms with Crippen molar-refractivity contribution < 1.29 is 18.7 Å². The highest BCUT2D eigenvalue weighted by molar-refractivity contribution is 6.31. The molecule has 0 radical (unpaired) electrons. The van der Waals surface area contributed by atoms with Crippen molar-refractivity contribution in [1.82, 2.24) is 0 Å². The fourth-order valence-electron chi connectivity index (χ4n) is 1.56. The van der Waals surface area contributed by atoms with Crippen LogP contribution in [0.5, 0.6) is 5.75 Å². The molecule has 1 amide bonds. The number of nitrogens with one attached hydrogen (secondary N) is 1. The lowest BCUT2D eigenvalue weighted by atomic mass is 10.2. The summed E-state index contributed by atoms with van der Waals surface area (Å²) in [6.07, 6.45) is 0.0610. The molecule has 0 bridgehead atoms. The summed E-state index contributed by atoms with van der Waals surface area (Å²) in [6, 6.07) is 4.44. The highest BCUT2D eigenvalue weighted by atomic mass is 35.5. The van der Waals surface area contributed by atoms with Crippen molar-refractivity contribution in [3.63, 3.8) is 0 Å². The predicted octanol–water partition coefficient (Wildman–Crippen LogP) is 1.59. The first kappa shape index (κ1) is 13.1. The molecule has 0 fully saturated rings. The maximum Gasteiger partial charge on any atom is 0.290 e. The Labute approximate surface area is 111 Å². The van der Waals surface area contributed by atoms with E-state index in [1.54, 1.807) is 0 Å². The first-order chi connectivity index (χ1) is 9.06. The molecule has 1 N–H and O–H groups in total. The Morgan fingerprint density at radius 2 is 2.21 bits per heavy atom. The molecule has 2 rings (SSSR count). The number of aldehydes is 1. The molecule has 1 aromatic carbocycles. The second kappa shape index (κ2) is 5.11.